The van der Waals surface area contributed by atoms with Gasteiger partial charge in [0.05, 0.1) is 8.07 Å². The van der Waals surface area contributed by atoms with Gasteiger partial charge in [-0.2, -0.15) is 0 Å². The van der Waals surface area contributed by atoms with E-state index < -0.39 is 14.4 Å². The third-order valence-electron chi connectivity index (χ3n) is 6.62. The van der Waals surface area contributed by atoms with Crippen molar-refractivity contribution in [1.82, 2.24) is 9.97 Å². The van der Waals surface area contributed by atoms with Gasteiger partial charge < -0.3 is 9.97 Å². The average Bonchev–Trinajstić information content (AvgIpc) is 3.06. The molecule has 0 unspecified atom stereocenters. The minimum absolute atomic E-state index is 0. The van der Waals surface area contributed by atoms with Crippen LogP contribution in [0, 0.1) is 12.1 Å². The van der Waals surface area contributed by atoms with Crippen molar-refractivity contribution >= 4 is 13.3 Å². The van der Waals surface area contributed by atoms with Crippen LogP contribution in [0.15, 0.2) is 140 Å². The van der Waals surface area contributed by atoms with Crippen molar-refractivity contribution in [3.63, 3.8) is 0 Å². The van der Waals surface area contributed by atoms with Gasteiger partial charge in [-0.05, 0) is 45.7 Å². The molecule has 4 aromatic carbocycles. The third kappa shape index (κ3) is 8.53. The number of hydrogen-bond acceptors (Lipinski definition) is 2. The monoisotopic (exact) mass is 741 g/mol. The quantitative estimate of drug-likeness (QED) is 0.126. The predicted molar refractivity (Wildman–Crippen MR) is 175 cm³/mol. The molecule has 0 aliphatic carbocycles. The molecule has 0 amide bonds. The Morgan fingerprint density at radius 1 is 0.619 bits per heavy atom. The molecule has 0 atom stereocenters. The average molecular weight is 741 g/mol. The standard InChI is InChI=1S/C20H20NSi.C18H14N.Ir/c1-22(2,3)19-12-13-20(21-15-19)18-11-7-10-17(14-18)16-8-5-4-6-9-16;1-3-7-15(8-4-1)13-16-11-12-19-18(14-16)17-9-5-2-6-10-17;/h4-10,12-15H,1-3H3;1-9,11-12,14H,13H2;/q2*-1;/i;13D2;. The second-order valence-corrected chi connectivity index (χ2v) is 15.8. The van der Waals surface area contributed by atoms with Crippen molar-refractivity contribution in [2.75, 3.05) is 0 Å². The van der Waals surface area contributed by atoms with E-state index in [1.165, 1.54) is 16.3 Å². The molecule has 211 valence electrons. The Labute approximate surface area is 267 Å². The molecule has 0 bridgehead atoms. The molecular weight excluding hydrogens is 705 g/mol. The summed E-state index contributed by atoms with van der Waals surface area (Å²) in [5, 5.41) is 1.38. The second kappa shape index (κ2) is 14.8. The van der Waals surface area contributed by atoms with Crippen LogP contribution < -0.4 is 5.19 Å². The molecule has 0 aliphatic rings. The molecule has 0 aliphatic heterocycles. The van der Waals surface area contributed by atoms with Gasteiger partial charge in [0.25, 0.3) is 0 Å². The van der Waals surface area contributed by atoms with Crippen LogP contribution in [0.1, 0.15) is 13.9 Å². The van der Waals surface area contributed by atoms with E-state index in [-0.39, 0.29) is 20.1 Å². The summed E-state index contributed by atoms with van der Waals surface area (Å²) in [5.74, 6) is 0. The summed E-state index contributed by atoms with van der Waals surface area (Å²) < 4.78 is 16.8. The number of aromatic nitrogens is 2. The van der Waals surface area contributed by atoms with Crippen molar-refractivity contribution in [3.8, 4) is 33.6 Å². The van der Waals surface area contributed by atoms with Crippen LogP contribution in [0.2, 0.25) is 19.6 Å². The normalized spacial score (nSPS) is 11.7. The summed E-state index contributed by atoms with van der Waals surface area (Å²) in [7, 11) is -1.29. The number of nitrogens with zero attached hydrogens (tertiary/aromatic N) is 2. The Morgan fingerprint density at radius 2 is 1.33 bits per heavy atom. The molecule has 6 rings (SSSR count). The molecule has 6 aromatic rings. The number of hydrogen-bond donors (Lipinski definition) is 0. The Kier molecular flexibility index (Phi) is 9.92. The maximum atomic E-state index is 8.40. The fraction of sp³-hybridized carbons (Fsp3) is 0.105. The molecule has 0 fully saturated rings. The van der Waals surface area contributed by atoms with Gasteiger partial charge in [0.1, 0.15) is 0 Å². The zero-order valence-electron chi connectivity index (χ0n) is 26.0. The van der Waals surface area contributed by atoms with E-state index >= 15 is 0 Å². The van der Waals surface area contributed by atoms with E-state index in [1.54, 1.807) is 30.5 Å². The summed E-state index contributed by atoms with van der Waals surface area (Å²) >= 11 is 0. The van der Waals surface area contributed by atoms with E-state index in [0.717, 1.165) is 22.5 Å². The largest absolute Gasteiger partial charge is 0.305 e. The number of pyridine rings is 2. The first-order valence-corrected chi connectivity index (χ1v) is 17.2. The fourth-order valence-electron chi connectivity index (χ4n) is 4.32. The molecule has 2 heterocycles. The number of rotatable bonds is 6. The van der Waals surface area contributed by atoms with Crippen molar-refractivity contribution in [2.24, 2.45) is 0 Å². The van der Waals surface area contributed by atoms with Crippen LogP contribution in [0.3, 0.4) is 0 Å². The maximum Gasteiger partial charge on any atom is 0.0795 e. The molecule has 2 aromatic heterocycles. The first kappa shape index (κ1) is 28.2. The SMILES string of the molecule is C[Si](C)(C)c1ccc(-c2[c-]ccc(-c3ccccc3)c2)nc1.[2H]C([2H])(c1ccccc1)c1ccnc(-c2[c-]cccc2)c1.[Ir]. The molecular formula is C38H34IrN2Si-2. The van der Waals surface area contributed by atoms with E-state index in [1.807, 2.05) is 60.8 Å². The van der Waals surface area contributed by atoms with Crippen LogP contribution in [0.25, 0.3) is 33.6 Å². The second-order valence-electron chi connectivity index (χ2n) is 10.7. The Hall–Kier alpha value is -3.95. The first-order valence-electron chi connectivity index (χ1n) is 14.7. The zero-order valence-corrected chi connectivity index (χ0v) is 27.4. The van der Waals surface area contributed by atoms with Gasteiger partial charge in [-0.15, -0.1) is 71.3 Å². The fourth-order valence-corrected chi connectivity index (χ4v) is 5.35. The molecule has 42 heavy (non-hydrogen) atoms. The van der Waals surface area contributed by atoms with Gasteiger partial charge in [0, 0.05) is 35.2 Å². The summed E-state index contributed by atoms with van der Waals surface area (Å²) in [4.78, 5) is 8.97. The first-order chi connectivity index (χ1) is 20.7. The van der Waals surface area contributed by atoms with Crippen LogP contribution >= 0.6 is 0 Å². The smallest absolute Gasteiger partial charge is 0.0795 e. The Bertz CT molecular complexity index is 1760. The molecule has 4 heteroatoms. The van der Waals surface area contributed by atoms with Gasteiger partial charge in [0.2, 0.25) is 0 Å². The summed E-state index contributed by atoms with van der Waals surface area (Å²) in [6.07, 6.45) is 2.13. The third-order valence-corrected chi connectivity index (χ3v) is 8.65. The maximum absolute atomic E-state index is 8.40. The summed E-state index contributed by atoms with van der Waals surface area (Å²) in [5.41, 5.74) is 7.27. The van der Waals surface area contributed by atoms with E-state index in [0.29, 0.717) is 11.1 Å². The zero-order chi connectivity index (χ0) is 30.3. The van der Waals surface area contributed by atoms with E-state index in [4.69, 9.17) is 2.74 Å². The van der Waals surface area contributed by atoms with Crippen LogP contribution in [-0.4, -0.2) is 18.0 Å². The molecule has 0 saturated heterocycles. The van der Waals surface area contributed by atoms with Gasteiger partial charge in [-0.1, -0.05) is 98.5 Å². The predicted octanol–water partition coefficient (Wildman–Crippen LogP) is 8.90. The van der Waals surface area contributed by atoms with Crippen molar-refractivity contribution in [3.05, 3.63) is 163 Å². The van der Waals surface area contributed by atoms with Crippen LogP contribution in [0.4, 0.5) is 0 Å². The van der Waals surface area contributed by atoms with Crippen molar-refractivity contribution in [1.29, 1.82) is 0 Å². The van der Waals surface area contributed by atoms with Gasteiger partial charge in [-0.3, -0.25) is 0 Å². The molecule has 2 nitrogen and oxygen atoms in total. The van der Waals surface area contributed by atoms with Gasteiger partial charge in [-0.25, -0.2) is 0 Å². The molecule has 0 saturated carbocycles. The van der Waals surface area contributed by atoms with Crippen molar-refractivity contribution in [2.45, 2.75) is 26.0 Å². The summed E-state index contributed by atoms with van der Waals surface area (Å²) in [6, 6.07) is 47.7. The minimum atomic E-state index is -1.55. The van der Waals surface area contributed by atoms with E-state index in [2.05, 4.69) is 90.3 Å². The summed E-state index contributed by atoms with van der Waals surface area (Å²) in [6.45, 7) is 7.02. The Morgan fingerprint density at radius 3 is 2.00 bits per heavy atom. The topological polar surface area (TPSA) is 25.8 Å². The molecule has 0 spiro atoms. The van der Waals surface area contributed by atoms with Crippen LogP contribution in [-0.2, 0) is 26.5 Å². The van der Waals surface area contributed by atoms with Gasteiger partial charge >= 0.3 is 0 Å². The van der Waals surface area contributed by atoms with Gasteiger partial charge in [0.15, 0.2) is 0 Å². The minimum Gasteiger partial charge on any atom is -0.305 e. The van der Waals surface area contributed by atoms with E-state index in [9.17, 15) is 0 Å². The van der Waals surface area contributed by atoms with Crippen molar-refractivity contribution < 1.29 is 22.8 Å². The Balaban J connectivity index is 0.000000197. The number of benzene rings is 4. The molecule has 0 N–H and O–H groups in total. The van der Waals surface area contributed by atoms with Crippen LogP contribution in [0.5, 0.6) is 0 Å². The molecule has 1 radical (unpaired) electrons.